The number of halogens is 1. The second-order valence-corrected chi connectivity index (χ2v) is 7.45. The third-order valence-corrected chi connectivity index (χ3v) is 5.29. The Kier molecular flexibility index (Phi) is 6.02. The Morgan fingerprint density at radius 1 is 1.20 bits per heavy atom. The third kappa shape index (κ3) is 5.01. The molecule has 0 atom stereocenters. The van der Waals surface area contributed by atoms with E-state index in [0.29, 0.717) is 24.5 Å². The average Bonchev–Trinajstić information content (AvgIpc) is 3.01. The molecule has 0 radical (unpaired) electrons. The number of rotatable bonds is 7. The predicted molar refractivity (Wildman–Crippen MR) is 104 cm³/mol. The van der Waals surface area contributed by atoms with Gasteiger partial charge < -0.3 is 5.32 Å². The van der Waals surface area contributed by atoms with Crippen LogP contribution in [0.4, 0.5) is 0 Å². The smallest absolute Gasteiger partial charge is 0.221 e. The van der Waals surface area contributed by atoms with E-state index in [2.05, 4.69) is 21.3 Å². The molecule has 0 saturated heterocycles. The van der Waals surface area contributed by atoms with Gasteiger partial charge in [0.1, 0.15) is 5.01 Å². The summed E-state index contributed by atoms with van der Waals surface area (Å²) in [6, 6.07) is 15.7. The minimum atomic E-state index is 0.0241. The highest BCUT2D eigenvalue weighted by atomic mass is 35.5. The van der Waals surface area contributed by atoms with Crippen LogP contribution in [-0.4, -0.2) is 29.4 Å². The van der Waals surface area contributed by atoms with E-state index in [9.17, 15) is 4.79 Å². The van der Waals surface area contributed by atoms with E-state index in [1.165, 1.54) is 4.70 Å². The molecule has 1 N–H and O–H groups in total. The lowest BCUT2D eigenvalue weighted by Crippen LogP contribution is -2.28. The van der Waals surface area contributed by atoms with Gasteiger partial charge in [-0.25, -0.2) is 4.98 Å². The molecule has 3 aromatic rings. The Morgan fingerprint density at radius 3 is 2.76 bits per heavy atom. The molecule has 0 aliphatic carbocycles. The number of nitrogens with one attached hydrogen (secondary N) is 1. The van der Waals surface area contributed by atoms with E-state index < -0.39 is 0 Å². The summed E-state index contributed by atoms with van der Waals surface area (Å²) in [7, 11) is 2.01. The van der Waals surface area contributed by atoms with Crippen molar-refractivity contribution in [1.29, 1.82) is 0 Å². The molecule has 130 valence electrons. The fourth-order valence-corrected chi connectivity index (χ4v) is 3.76. The minimum absolute atomic E-state index is 0.0241. The summed E-state index contributed by atoms with van der Waals surface area (Å²) in [6.45, 7) is 1.89. The first-order valence-corrected chi connectivity index (χ1v) is 9.34. The molecule has 0 saturated carbocycles. The molecule has 2 aromatic carbocycles. The second-order valence-electron chi connectivity index (χ2n) is 5.93. The van der Waals surface area contributed by atoms with E-state index >= 15 is 0 Å². The van der Waals surface area contributed by atoms with Crippen LogP contribution in [0.3, 0.4) is 0 Å². The maximum atomic E-state index is 12.0. The highest BCUT2D eigenvalue weighted by Gasteiger charge is 2.09. The van der Waals surface area contributed by atoms with Gasteiger partial charge in [0.15, 0.2) is 0 Å². The highest BCUT2D eigenvalue weighted by Crippen LogP contribution is 2.22. The van der Waals surface area contributed by atoms with Gasteiger partial charge in [-0.3, -0.25) is 9.69 Å². The molecular formula is C19H20ClN3OS. The van der Waals surface area contributed by atoms with E-state index in [1.54, 1.807) is 11.3 Å². The number of hydrogen-bond acceptors (Lipinski definition) is 4. The van der Waals surface area contributed by atoms with Gasteiger partial charge in [-0.2, -0.15) is 0 Å². The lowest BCUT2D eigenvalue weighted by atomic mass is 10.2. The standard InChI is InChI=1S/C19H20ClN3OS/c1-23(13-19-22-16-8-4-5-9-17(16)25-19)11-10-18(24)21-12-14-6-2-3-7-15(14)20/h2-9H,10-13H2,1H3,(H,21,24). The zero-order chi connectivity index (χ0) is 17.6. The van der Waals surface area contributed by atoms with Gasteiger partial charge in [0.25, 0.3) is 0 Å². The van der Waals surface area contributed by atoms with Crippen LogP contribution in [0, 0.1) is 0 Å². The van der Waals surface area contributed by atoms with Crippen molar-refractivity contribution < 1.29 is 4.79 Å². The summed E-state index contributed by atoms with van der Waals surface area (Å²) in [6.07, 6.45) is 0.450. The molecule has 1 amide bonds. The Bertz CT molecular complexity index is 832. The zero-order valence-corrected chi connectivity index (χ0v) is 15.6. The summed E-state index contributed by atoms with van der Waals surface area (Å²) in [5, 5.41) is 4.66. The first-order chi connectivity index (χ1) is 12.1. The number of para-hydroxylation sites is 1. The van der Waals surface area contributed by atoms with Gasteiger partial charge in [-0.05, 0) is 30.8 Å². The first kappa shape index (κ1) is 17.9. The first-order valence-electron chi connectivity index (χ1n) is 8.15. The van der Waals surface area contributed by atoms with Crippen molar-refractivity contribution in [2.45, 2.75) is 19.5 Å². The van der Waals surface area contributed by atoms with Crippen molar-refractivity contribution in [3.8, 4) is 0 Å². The third-order valence-electron chi connectivity index (χ3n) is 3.90. The summed E-state index contributed by atoms with van der Waals surface area (Å²) in [5.74, 6) is 0.0241. The summed E-state index contributed by atoms with van der Waals surface area (Å²) in [4.78, 5) is 18.8. The highest BCUT2D eigenvalue weighted by molar-refractivity contribution is 7.18. The zero-order valence-electron chi connectivity index (χ0n) is 14.0. The molecule has 1 heterocycles. The Balaban J connectivity index is 1.44. The van der Waals surface area contributed by atoms with Gasteiger partial charge in [0, 0.05) is 24.5 Å². The van der Waals surface area contributed by atoms with Crippen LogP contribution in [0.5, 0.6) is 0 Å². The number of nitrogens with zero attached hydrogens (tertiary/aromatic N) is 2. The van der Waals surface area contributed by atoms with Crippen LogP contribution in [0.2, 0.25) is 5.02 Å². The number of hydrogen-bond donors (Lipinski definition) is 1. The number of carbonyl (C=O) groups excluding carboxylic acids is 1. The summed E-state index contributed by atoms with van der Waals surface area (Å²) in [5.41, 5.74) is 1.97. The van der Waals surface area contributed by atoms with Crippen molar-refractivity contribution in [2.24, 2.45) is 0 Å². The van der Waals surface area contributed by atoms with Crippen LogP contribution in [0.15, 0.2) is 48.5 Å². The van der Waals surface area contributed by atoms with Crippen molar-refractivity contribution in [3.05, 3.63) is 64.1 Å². The van der Waals surface area contributed by atoms with Crippen LogP contribution < -0.4 is 5.32 Å². The lowest BCUT2D eigenvalue weighted by Gasteiger charge is -2.14. The molecule has 0 bridgehead atoms. The average molecular weight is 374 g/mol. The number of thiazole rings is 1. The van der Waals surface area contributed by atoms with Crippen LogP contribution >= 0.6 is 22.9 Å². The van der Waals surface area contributed by atoms with Gasteiger partial charge in [0.2, 0.25) is 5.91 Å². The lowest BCUT2D eigenvalue weighted by molar-refractivity contribution is -0.121. The molecule has 6 heteroatoms. The number of fused-ring (bicyclic) bond motifs is 1. The van der Waals surface area contributed by atoms with Crippen molar-refractivity contribution in [1.82, 2.24) is 15.2 Å². The maximum Gasteiger partial charge on any atom is 0.221 e. The SMILES string of the molecule is CN(CCC(=O)NCc1ccccc1Cl)Cc1nc2ccccc2s1. The summed E-state index contributed by atoms with van der Waals surface area (Å²) >= 11 is 7.79. The van der Waals surface area contributed by atoms with Gasteiger partial charge in [-0.15, -0.1) is 11.3 Å². The number of amides is 1. The van der Waals surface area contributed by atoms with Crippen molar-refractivity contribution >= 4 is 39.1 Å². The van der Waals surface area contributed by atoms with Gasteiger partial charge in [-0.1, -0.05) is 41.9 Å². The van der Waals surface area contributed by atoms with Crippen LogP contribution in [0.1, 0.15) is 17.0 Å². The number of aromatic nitrogens is 1. The van der Waals surface area contributed by atoms with Crippen LogP contribution in [0.25, 0.3) is 10.2 Å². The molecule has 0 spiro atoms. The quantitative estimate of drug-likeness (QED) is 0.678. The topological polar surface area (TPSA) is 45.2 Å². The van der Waals surface area contributed by atoms with E-state index in [-0.39, 0.29) is 5.91 Å². The molecule has 3 rings (SSSR count). The Morgan fingerprint density at radius 2 is 1.96 bits per heavy atom. The Labute approximate surface area is 156 Å². The minimum Gasteiger partial charge on any atom is -0.352 e. The molecule has 25 heavy (non-hydrogen) atoms. The largest absolute Gasteiger partial charge is 0.352 e. The maximum absolute atomic E-state index is 12.0. The second kappa shape index (κ2) is 8.43. The Hall–Kier alpha value is -1.95. The number of carbonyl (C=O) groups is 1. The van der Waals surface area contributed by atoms with Gasteiger partial charge >= 0.3 is 0 Å². The van der Waals surface area contributed by atoms with Crippen molar-refractivity contribution in [3.63, 3.8) is 0 Å². The normalized spacial score (nSPS) is 11.2. The van der Waals surface area contributed by atoms with Crippen LogP contribution in [-0.2, 0) is 17.9 Å². The molecule has 0 aliphatic rings. The summed E-state index contributed by atoms with van der Waals surface area (Å²) < 4.78 is 1.20. The number of benzene rings is 2. The van der Waals surface area contributed by atoms with E-state index in [1.807, 2.05) is 49.5 Å². The molecule has 0 fully saturated rings. The fraction of sp³-hybridized carbons (Fsp3) is 0.263. The molecule has 4 nitrogen and oxygen atoms in total. The fourth-order valence-electron chi connectivity index (χ4n) is 2.51. The predicted octanol–water partition coefficient (Wildman–Crippen LogP) is 4.09. The molecule has 1 aromatic heterocycles. The molecule has 0 unspecified atom stereocenters. The van der Waals surface area contributed by atoms with E-state index in [4.69, 9.17) is 11.6 Å². The van der Waals surface area contributed by atoms with E-state index in [0.717, 1.165) is 22.6 Å². The molecule has 0 aliphatic heterocycles. The van der Waals surface area contributed by atoms with Gasteiger partial charge in [0.05, 0.1) is 16.8 Å². The molecular weight excluding hydrogens is 354 g/mol. The van der Waals surface area contributed by atoms with Crippen molar-refractivity contribution in [2.75, 3.05) is 13.6 Å². The monoisotopic (exact) mass is 373 g/mol.